The van der Waals surface area contributed by atoms with Gasteiger partial charge < -0.3 is 9.47 Å². The molecule has 0 aliphatic carbocycles. The van der Waals surface area contributed by atoms with Gasteiger partial charge in [0.25, 0.3) is 10.0 Å². The molecule has 0 bridgehead atoms. The van der Waals surface area contributed by atoms with Crippen LogP contribution in [-0.4, -0.2) is 39.2 Å². The fourth-order valence-electron chi connectivity index (χ4n) is 2.16. The summed E-state index contributed by atoms with van der Waals surface area (Å²) in [5.74, 6) is 0.0391. The number of benzene rings is 2. The molecule has 8 heteroatoms. The predicted octanol–water partition coefficient (Wildman–Crippen LogP) is 3.38. The average molecular weight is 414 g/mol. The summed E-state index contributed by atoms with van der Waals surface area (Å²) in [6.07, 6.45) is 6.68. The number of nitrogens with zero attached hydrogens (tertiary/aromatic N) is 2. The van der Waals surface area contributed by atoms with Gasteiger partial charge in [-0.3, -0.25) is 0 Å². The number of esters is 1. The Hall–Kier alpha value is -3.39. The molecule has 152 valence electrons. The molecule has 0 saturated heterocycles. The predicted molar refractivity (Wildman–Crippen MR) is 112 cm³/mol. The number of sulfonamides is 1. The van der Waals surface area contributed by atoms with Crippen LogP contribution in [0, 0.1) is 6.92 Å². The molecule has 0 amide bonds. The van der Waals surface area contributed by atoms with Gasteiger partial charge in [0, 0.05) is 18.5 Å². The van der Waals surface area contributed by atoms with Gasteiger partial charge in [-0.25, -0.2) is 4.79 Å². The minimum absolute atomic E-state index is 0.0499. The number of hydrogen-bond acceptors (Lipinski definition) is 6. The van der Waals surface area contributed by atoms with Gasteiger partial charge in [0.15, 0.2) is 0 Å². The van der Waals surface area contributed by atoms with E-state index < -0.39 is 16.0 Å². The van der Waals surface area contributed by atoms with Crippen LogP contribution < -0.4 is 4.74 Å². The SMILES string of the molecule is COC(=O)/C=C/N(/N=C/C=C/c1ccc(OC)cc1)S(=O)(=O)c1ccc(C)cc1. The first kappa shape index (κ1) is 21.9. The summed E-state index contributed by atoms with van der Waals surface area (Å²) in [4.78, 5) is 11.4. The lowest BCUT2D eigenvalue weighted by Crippen LogP contribution is -2.21. The zero-order chi connectivity index (χ0) is 21.3. The monoisotopic (exact) mass is 414 g/mol. The van der Waals surface area contributed by atoms with E-state index in [9.17, 15) is 13.2 Å². The van der Waals surface area contributed by atoms with Gasteiger partial charge in [-0.2, -0.15) is 17.9 Å². The van der Waals surface area contributed by atoms with Crippen LogP contribution in [0.25, 0.3) is 6.08 Å². The van der Waals surface area contributed by atoms with Crippen LogP contribution in [-0.2, 0) is 19.6 Å². The van der Waals surface area contributed by atoms with E-state index in [4.69, 9.17) is 4.74 Å². The molecule has 0 N–H and O–H groups in total. The third-order valence-electron chi connectivity index (χ3n) is 3.78. The summed E-state index contributed by atoms with van der Waals surface area (Å²) in [6, 6.07) is 13.6. The van der Waals surface area contributed by atoms with Crippen molar-refractivity contribution in [2.24, 2.45) is 5.10 Å². The Labute approximate surface area is 170 Å². The second-order valence-electron chi connectivity index (χ2n) is 5.83. The first-order valence-electron chi connectivity index (χ1n) is 8.59. The fourth-order valence-corrected chi connectivity index (χ4v) is 3.26. The molecule has 2 aromatic rings. The molecule has 0 spiro atoms. The summed E-state index contributed by atoms with van der Waals surface area (Å²) in [5, 5.41) is 3.96. The molecular weight excluding hydrogens is 392 g/mol. The number of aryl methyl sites for hydroxylation is 1. The van der Waals surface area contributed by atoms with E-state index in [1.54, 1.807) is 31.4 Å². The van der Waals surface area contributed by atoms with Crippen molar-refractivity contribution >= 4 is 28.3 Å². The van der Waals surface area contributed by atoms with Crippen LogP contribution >= 0.6 is 0 Å². The van der Waals surface area contributed by atoms with Crippen molar-refractivity contribution in [1.29, 1.82) is 0 Å². The lowest BCUT2D eigenvalue weighted by molar-refractivity contribution is -0.134. The minimum atomic E-state index is -3.99. The summed E-state index contributed by atoms with van der Waals surface area (Å²) in [5.41, 5.74) is 1.81. The average Bonchev–Trinajstić information content (AvgIpc) is 2.73. The Morgan fingerprint density at radius 1 is 1.03 bits per heavy atom. The third-order valence-corrected chi connectivity index (χ3v) is 5.35. The van der Waals surface area contributed by atoms with Gasteiger partial charge in [0.05, 0.1) is 19.1 Å². The molecule has 2 aromatic carbocycles. The normalized spacial score (nSPS) is 12.0. The van der Waals surface area contributed by atoms with Crippen molar-refractivity contribution in [1.82, 2.24) is 4.41 Å². The topological polar surface area (TPSA) is 85.3 Å². The largest absolute Gasteiger partial charge is 0.497 e. The highest BCUT2D eigenvalue weighted by atomic mass is 32.2. The summed E-state index contributed by atoms with van der Waals surface area (Å²) < 4.78 is 36.0. The zero-order valence-corrected chi connectivity index (χ0v) is 17.2. The zero-order valence-electron chi connectivity index (χ0n) is 16.3. The number of carbonyl (C=O) groups excluding carboxylic acids is 1. The molecule has 7 nitrogen and oxygen atoms in total. The van der Waals surface area contributed by atoms with E-state index in [0.29, 0.717) is 4.41 Å². The Morgan fingerprint density at radius 2 is 1.69 bits per heavy atom. The lowest BCUT2D eigenvalue weighted by Gasteiger charge is -2.14. The van der Waals surface area contributed by atoms with Gasteiger partial charge in [-0.1, -0.05) is 35.9 Å². The van der Waals surface area contributed by atoms with Crippen molar-refractivity contribution in [3.63, 3.8) is 0 Å². The maximum atomic E-state index is 12.9. The number of hydrazone groups is 1. The highest BCUT2D eigenvalue weighted by Crippen LogP contribution is 2.17. The second kappa shape index (κ2) is 10.2. The van der Waals surface area contributed by atoms with E-state index in [1.165, 1.54) is 25.5 Å². The number of hydrogen-bond donors (Lipinski definition) is 0. The van der Waals surface area contributed by atoms with Crippen molar-refractivity contribution in [2.75, 3.05) is 14.2 Å². The molecule has 0 aliphatic rings. The van der Waals surface area contributed by atoms with Gasteiger partial charge in [-0.05, 0) is 42.8 Å². The molecule has 0 unspecified atom stereocenters. The Morgan fingerprint density at radius 3 is 2.28 bits per heavy atom. The van der Waals surface area contributed by atoms with Crippen LogP contribution in [0.4, 0.5) is 0 Å². The van der Waals surface area contributed by atoms with Gasteiger partial charge in [0.1, 0.15) is 5.75 Å². The first-order chi connectivity index (χ1) is 13.9. The van der Waals surface area contributed by atoms with Crippen molar-refractivity contribution in [3.05, 3.63) is 78.0 Å². The third kappa shape index (κ3) is 6.32. The maximum Gasteiger partial charge on any atom is 0.332 e. The second-order valence-corrected chi connectivity index (χ2v) is 7.62. The minimum Gasteiger partial charge on any atom is -0.497 e. The lowest BCUT2D eigenvalue weighted by atomic mass is 10.2. The first-order valence-corrected chi connectivity index (χ1v) is 10.0. The van der Waals surface area contributed by atoms with Crippen molar-refractivity contribution < 1.29 is 22.7 Å². The molecule has 0 radical (unpaired) electrons. The highest BCUT2D eigenvalue weighted by Gasteiger charge is 2.21. The van der Waals surface area contributed by atoms with E-state index >= 15 is 0 Å². The summed E-state index contributed by atoms with van der Waals surface area (Å²) in [6.45, 7) is 1.85. The number of ether oxygens (including phenoxy) is 2. The molecule has 0 fully saturated rings. The Bertz CT molecular complexity index is 1010. The molecular formula is C21H22N2O5S. The van der Waals surface area contributed by atoms with Crippen molar-refractivity contribution in [2.45, 2.75) is 11.8 Å². The molecule has 0 saturated carbocycles. The van der Waals surface area contributed by atoms with E-state index in [-0.39, 0.29) is 4.90 Å². The van der Waals surface area contributed by atoms with Crippen molar-refractivity contribution in [3.8, 4) is 5.75 Å². The van der Waals surface area contributed by atoms with Gasteiger partial charge in [-0.15, -0.1) is 0 Å². The van der Waals surface area contributed by atoms with E-state index in [2.05, 4.69) is 9.84 Å². The number of carbonyl (C=O) groups is 1. The van der Waals surface area contributed by atoms with Crippen LogP contribution in [0.5, 0.6) is 5.75 Å². The van der Waals surface area contributed by atoms with Crippen LogP contribution in [0.1, 0.15) is 11.1 Å². The van der Waals surface area contributed by atoms with E-state index in [1.807, 2.05) is 31.2 Å². The molecule has 2 rings (SSSR count). The molecule has 0 aliphatic heterocycles. The number of rotatable bonds is 8. The number of methoxy groups -OCH3 is 2. The number of allylic oxidation sites excluding steroid dienone is 1. The van der Waals surface area contributed by atoms with Crippen LogP contribution in [0.2, 0.25) is 0 Å². The molecule has 0 aromatic heterocycles. The Balaban J connectivity index is 2.26. The standard InChI is InChI=1S/C21H22N2O5S/c1-17-6-12-20(13-7-17)29(25,26)23(16-14-21(24)28-3)22-15-4-5-18-8-10-19(27-2)11-9-18/h4-16H,1-3H3/b5-4+,16-14+,22-15+. The smallest absolute Gasteiger partial charge is 0.332 e. The van der Waals surface area contributed by atoms with E-state index in [0.717, 1.165) is 29.2 Å². The van der Waals surface area contributed by atoms with Gasteiger partial charge >= 0.3 is 5.97 Å². The van der Waals surface area contributed by atoms with Gasteiger partial charge in [0.2, 0.25) is 0 Å². The Kier molecular flexibility index (Phi) is 7.73. The molecule has 0 atom stereocenters. The molecule has 0 heterocycles. The summed E-state index contributed by atoms with van der Waals surface area (Å²) >= 11 is 0. The van der Waals surface area contributed by atoms with Crippen LogP contribution in [0.3, 0.4) is 0 Å². The maximum absolute atomic E-state index is 12.9. The highest BCUT2D eigenvalue weighted by molar-refractivity contribution is 7.89. The van der Waals surface area contributed by atoms with Crippen LogP contribution in [0.15, 0.2) is 76.9 Å². The molecule has 29 heavy (non-hydrogen) atoms. The summed E-state index contributed by atoms with van der Waals surface area (Å²) in [7, 11) is -1.20. The quantitative estimate of drug-likeness (QED) is 0.286. The fraction of sp³-hybridized carbons (Fsp3) is 0.143.